The maximum absolute atomic E-state index is 11.9. The third-order valence-corrected chi connectivity index (χ3v) is 14.4. The topological polar surface area (TPSA) is 144 Å². The van der Waals surface area contributed by atoms with Crippen LogP contribution in [0.15, 0.2) is 108 Å². The van der Waals surface area contributed by atoms with E-state index in [1.54, 1.807) is 6.08 Å². The number of fused-ring (bicyclic) bond motifs is 6. The summed E-state index contributed by atoms with van der Waals surface area (Å²) in [6.07, 6.45) is 13.2. The maximum Gasteiger partial charge on any atom is 0.260 e. The van der Waals surface area contributed by atoms with E-state index in [2.05, 4.69) is 43.8 Å². The molecule has 1 N–H and O–H groups in total. The number of nitrogens with one attached hydrogen (secondary N) is 1. The van der Waals surface area contributed by atoms with Crippen LogP contribution in [0.1, 0.15) is 99.2 Å². The van der Waals surface area contributed by atoms with Crippen molar-refractivity contribution in [2.75, 3.05) is 57.8 Å². The summed E-state index contributed by atoms with van der Waals surface area (Å²) < 4.78 is 23.0. The van der Waals surface area contributed by atoms with Crippen LogP contribution in [0.3, 0.4) is 0 Å². The van der Waals surface area contributed by atoms with Gasteiger partial charge in [0.1, 0.15) is 23.0 Å². The number of ketones is 1. The summed E-state index contributed by atoms with van der Waals surface area (Å²) in [5.74, 6) is 4.57. The lowest BCUT2D eigenvalue weighted by molar-refractivity contribution is -0.135. The van der Waals surface area contributed by atoms with E-state index >= 15 is 0 Å². The largest absolute Gasteiger partial charge is 0.483 e. The van der Waals surface area contributed by atoms with Crippen molar-refractivity contribution in [2.45, 2.75) is 94.8 Å². The smallest absolute Gasteiger partial charge is 0.260 e. The van der Waals surface area contributed by atoms with Gasteiger partial charge in [-0.05, 0) is 104 Å². The van der Waals surface area contributed by atoms with Crippen molar-refractivity contribution < 1.29 is 42.9 Å². The van der Waals surface area contributed by atoms with Gasteiger partial charge in [0.25, 0.3) is 11.8 Å². The molecule has 0 radical (unpaired) electrons. The van der Waals surface area contributed by atoms with E-state index in [0.717, 1.165) is 104 Å². The van der Waals surface area contributed by atoms with Gasteiger partial charge < -0.3 is 39.0 Å². The number of benzene rings is 4. The number of likely N-dealkylation sites (tertiary alicyclic amines) is 3. The summed E-state index contributed by atoms with van der Waals surface area (Å²) in [4.78, 5) is 62.7. The van der Waals surface area contributed by atoms with E-state index in [-0.39, 0.29) is 60.9 Å². The Balaban J connectivity index is 0.000000131. The molecule has 0 bridgehead atoms. The van der Waals surface area contributed by atoms with Gasteiger partial charge in [-0.3, -0.25) is 24.0 Å². The molecule has 0 spiro atoms. The first-order valence-electron chi connectivity index (χ1n) is 24.6. The first-order valence-corrected chi connectivity index (χ1v) is 26.5. The summed E-state index contributed by atoms with van der Waals surface area (Å²) in [5, 5.41) is 3.28. The molecule has 372 valence electrons. The van der Waals surface area contributed by atoms with Gasteiger partial charge in [0, 0.05) is 74.7 Å². The number of hydrogen-bond acceptors (Lipinski definition) is 9. The van der Waals surface area contributed by atoms with Crippen molar-refractivity contribution in [3.05, 3.63) is 125 Å². The lowest BCUT2D eigenvalue weighted by Crippen LogP contribution is -2.40. The van der Waals surface area contributed by atoms with Gasteiger partial charge in [0.2, 0.25) is 11.8 Å². The number of rotatable bonds is 8. The van der Waals surface area contributed by atoms with Crippen molar-refractivity contribution in [3.8, 4) is 23.0 Å². The van der Waals surface area contributed by atoms with Gasteiger partial charge in [-0.1, -0.05) is 95.3 Å². The molecule has 4 saturated heterocycles. The van der Waals surface area contributed by atoms with Crippen molar-refractivity contribution >= 4 is 67.3 Å². The number of Topliss-reactive ketones (excluding diaryl/α,β-unsaturated/α-hetero) is 1. The number of hydrogen-bond donors (Lipinski definition) is 1. The standard InChI is InChI=1S/C15H19NO2.C13H16BrNO2.C10H9NO2.C10H8O2.C7H12BrNO/c1-2-13-8-4-5-9-14(13)18-12-15(17)16-10-6-3-7-11-16;14-11-6-2-3-7-12(11)17-10-13(16)15-8-4-1-5-9-15;12-9-5-7-6-3-1-2-4-8(6)13-10(7)11-9;11-8-5-7-6-3-1-2-4-9(6)12-10(7)8;8-6-7(10)9-4-2-1-3-5-9/h2,4-5,8-9H,1,3,6-7,10-12H2;2-3,6-7H,1,4-5,8-10H2;1-4,7,10H,5H2,(H,11,12);1-4,7,10H,5H2;1-6H2. The molecule has 1 aliphatic carbocycles. The summed E-state index contributed by atoms with van der Waals surface area (Å²) >= 11 is 6.55. The van der Waals surface area contributed by atoms with Crippen LogP contribution in [0.2, 0.25) is 0 Å². The molecule has 4 amide bonds. The molecule has 4 atom stereocenters. The van der Waals surface area contributed by atoms with Crippen LogP contribution in [0.4, 0.5) is 0 Å². The third-order valence-electron chi connectivity index (χ3n) is 13.2. The van der Waals surface area contributed by atoms with Gasteiger partial charge in [-0.15, -0.1) is 0 Å². The second kappa shape index (κ2) is 26.5. The molecule has 15 heteroatoms. The average Bonchev–Trinajstić information content (AvgIpc) is 4.06. The molecule has 6 aliphatic heterocycles. The Kier molecular flexibility index (Phi) is 19.8. The molecule has 4 unspecified atom stereocenters. The molecular formula is C55H64Br2N4O9. The first-order chi connectivity index (χ1) is 34.1. The Morgan fingerprint density at radius 1 is 0.600 bits per heavy atom. The van der Waals surface area contributed by atoms with Gasteiger partial charge in [-0.2, -0.15) is 0 Å². The fourth-order valence-corrected chi connectivity index (χ4v) is 10.1. The predicted octanol–water partition coefficient (Wildman–Crippen LogP) is 9.47. The highest BCUT2D eigenvalue weighted by Crippen LogP contribution is 2.47. The summed E-state index contributed by atoms with van der Waals surface area (Å²) in [6.45, 7) is 9.38. The van der Waals surface area contributed by atoms with E-state index in [4.69, 9.17) is 18.9 Å². The summed E-state index contributed by atoms with van der Waals surface area (Å²) in [7, 11) is 0. The molecule has 13 nitrogen and oxygen atoms in total. The molecule has 70 heavy (non-hydrogen) atoms. The highest BCUT2D eigenvalue weighted by molar-refractivity contribution is 9.10. The zero-order chi connectivity index (χ0) is 49.2. The number of piperidine rings is 3. The molecular weight excluding hydrogens is 1020 g/mol. The normalized spacial score (nSPS) is 21.0. The van der Waals surface area contributed by atoms with Crippen LogP contribution in [0, 0.1) is 0 Å². The van der Waals surface area contributed by atoms with Gasteiger partial charge in [0.15, 0.2) is 31.3 Å². The fraction of sp³-hybridized carbons (Fsp3) is 0.436. The Morgan fingerprint density at radius 3 is 1.61 bits per heavy atom. The lowest BCUT2D eigenvalue weighted by atomic mass is 9.78. The quantitative estimate of drug-likeness (QED) is 0.171. The van der Waals surface area contributed by atoms with E-state index in [9.17, 15) is 24.0 Å². The molecule has 4 aromatic carbocycles. The van der Waals surface area contributed by atoms with Crippen molar-refractivity contribution in [1.29, 1.82) is 0 Å². The van der Waals surface area contributed by atoms with Crippen molar-refractivity contribution in [3.63, 3.8) is 0 Å². The summed E-state index contributed by atoms with van der Waals surface area (Å²) in [5.41, 5.74) is 3.29. The second-order valence-corrected chi connectivity index (χ2v) is 19.4. The second-order valence-electron chi connectivity index (χ2n) is 18.0. The number of halogens is 2. The third kappa shape index (κ3) is 14.2. The van der Waals surface area contributed by atoms with E-state index in [1.807, 2.05) is 112 Å². The minimum absolute atomic E-state index is 0.0774. The number of ether oxygens (including phenoxy) is 4. The lowest BCUT2D eigenvalue weighted by Gasteiger charge is -2.26. The van der Waals surface area contributed by atoms with Crippen LogP contribution >= 0.6 is 31.9 Å². The first kappa shape index (κ1) is 52.2. The van der Waals surface area contributed by atoms with Gasteiger partial charge in [0.05, 0.1) is 15.7 Å². The summed E-state index contributed by atoms with van der Waals surface area (Å²) in [6, 6.07) is 31.0. The van der Waals surface area contributed by atoms with Crippen LogP contribution in [0.5, 0.6) is 23.0 Å². The molecule has 5 fully saturated rings. The zero-order valence-corrected chi connectivity index (χ0v) is 42.9. The molecule has 11 rings (SSSR count). The minimum atomic E-state index is -0.151. The number of nitrogens with zero attached hydrogens (tertiary/aromatic N) is 3. The fourth-order valence-electron chi connectivity index (χ4n) is 9.31. The number of para-hydroxylation sites is 4. The van der Waals surface area contributed by atoms with Crippen LogP contribution in [-0.4, -0.2) is 114 Å². The van der Waals surface area contributed by atoms with Gasteiger partial charge in [-0.25, -0.2) is 0 Å². The Labute approximate surface area is 428 Å². The number of alkyl halides is 1. The number of carbonyl (C=O) groups excluding carboxylic acids is 5. The molecule has 0 aromatic heterocycles. The monoisotopic (exact) mass is 1080 g/mol. The molecule has 6 heterocycles. The molecule has 1 saturated carbocycles. The van der Waals surface area contributed by atoms with Crippen LogP contribution in [0.25, 0.3) is 6.08 Å². The Bertz CT molecular complexity index is 2420. The zero-order valence-electron chi connectivity index (χ0n) is 39.7. The SMILES string of the molecule is C=Cc1ccccc1OCC(=O)N1CCCCC1.O=C(CBr)N1CCCCC1.O=C(COc1ccccc1Br)N1CCCCC1.O=C1CC2c3ccccc3OC12.O=C1CC2c3ccccc3OC2N1. The Morgan fingerprint density at radius 2 is 1.07 bits per heavy atom. The van der Waals surface area contributed by atoms with Gasteiger partial charge >= 0.3 is 0 Å². The van der Waals surface area contributed by atoms with Crippen molar-refractivity contribution in [2.24, 2.45) is 0 Å². The Hall–Kier alpha value is -5.67. The maximum atomic E-state index is 11.9. The highest BCUT2D eigenvalue weighted by Gasteiger charge is 2.48. The number of amides is 4. The average molecular weight is 1080 g/mol. The van der Waals surface area contributed by atoms with Crippen LogP contribution < -0.4 is 24.3 Å². The molecule has 4 aromatic rings. The van der Waals surface area contributed by atoms with Crippen LogP contribution in [-0.2, 0) is 24.0 Å². The predicted molar refractivity (Wildman–Crippen MR) is 276 cm³/mol. The highest BCUT2D eigenvalue weighted by atomic mass is 79.9. The van der Waals surface area contributed by atoms with E-state index in [0.29, 0.717) is 24.1 Å². The molecule has 7 aliphatic rings. The van der Waals surface area contributed by atoms with E-state index in [1.165, 1.54) is 37.7 Å². The number of carbonyl (C=O) groups is 5. The minimum Gasteiger partial charge on any atom is -0.483 e. The van der Waals surface area contributed by atoms with Crippen molar-refractivity contribution in [1.82, 2.24) is 20.0 Å². The van der Waals surface area contributed by atoms with E-state index < -0.39 is 0 Å².